The summed E-state index contributed by atoms with van der Waals surface area (Å²) < 4.78 is 4.89. The average molecular weight is 234 g/mol. The van der Waals surface area contributed by atoms with Gasteiger partial charge in [0, 0.05) is 18.5 Å². The van der Waals surface area contributed by atoms with Gasteiger partial charge in [0.2, 0.25) is 5.89 Å². The van der Waals surface area contributed by atoms with Crippen molar-refractivity contribution < 1.29 is 4.52 Å². The van der Waals surface area contributed by atoms with Crippen molar-refractivity contribution in [3.05, 3.63) is 23.6 Å². The van der Waals surface area contributed by atoms with Crippen LogP contribution in [0, 0.1) is 13.8 Å². The number of nitrogen functional groups attached to an aromatic ring is 1. The van der Waals surface area contributed by atoms with Crippen LogP contribution in [0.25, 0.3) is 0 Å². The average Bonchev–Trinajstić information content (AvgIpc) is 2.78. The van der Waals surface area contributed by atoms with Gasteiger partial charge in [-0.3, -0.25) is 0 Å². The third-order valence-electron chi connectivity index (χ3n) is 2.33. The molecule has 0 aliphatic rings. The monoisotopic (exact) mass is 234 g/mol. The zero-order valence-corrected chi connectivity index (χ0v) is 9.77. The molecule has 0 saturated carbocycles. The Morgan fingerprint density at radius 2 is 2.18 bits per heavy atom. The van der Waals surface area contributed by atoms with E-state index in [1.807, 2.05) is 6.92 Å². The molecule has 0 saturated heterocycles. The van der Waals surface area contributed by atoms with Gasteiger partial charge in [-0.05, 0) is 13.8 Å². The second kappa shape index (κ2) is 4.77. The third kappa shape index (κ3) is 2.68. The van der Waals surface area contributed by atoms with E-state index in [0.717, 1.165) is 11.4 Å². The zero-order valence-electron chi connectivity index (χ0n) is 9.77. The first-order chi connectivity index (χ1) is 8.16. The van der Waals surface area contributed by atoms with Gasteiger partial charge in [-0.2, -0.15) is 4.98 Å². The van der Waals surface area contributed by atoms with Gasteiger partial charge in [0.05, 0.1) is 0 Å². The van der Waals surface area contributed by atoms with Crippen molar-refractivity contribution >= 4 is 11.6 Å². The summed E-state index contributed by atoms with van der Waals surface area (Å²) in [5.41, 5.74) is 6.60. The minimum Gasteiger partial charge on any atom is -0.383 e. The zero-order chi connectivity index (χ0) is 12.3. The second-order valence-electron chi connectivity index (χ2n) is 3.64. The van der Waals surface area contributed by atoms with E-state index in [4.69, 9.17) is 10.3 Å². The van der Waals surface area contributed by atoms with Crippen LogP contribution < -0.4 is 11.1 Å². The molecule has 2 aromatic heterocycles. The number of aromatic nitrogens is 4. The Hall–Kier alpha value is -2.18. The summed E-state index contributed by atoms with van der Waals surface area (Å²) in [6.45, 7) is 4.34. The minimum absolute atomic E-state index is 0.498. The van der Waals surface area contributed by atoms with Gasteiger partial charge in [-0.1, -0.05) is 5.16 Å². The van der Waals surface area contributed by atoms with E-state index in [2.05, 4.69) is 25.4 Å². The van der Waals surface area contributed by atoms with Gasteiger partial charge >= 0.3 is 0 Å². The Labute approximate surface area is 98.5 Å². The highest BCUT2D eigenvalue weighted by Crippen LogP contribution is 2.16. The molecule has 2 aromatic rings. The lowest BCUT2D eigenvalue weighted by molar-refractivity contribution is 0.379. The van der Waals surface area contributed by atoms with Crippen LogP contribution in [-0.4, -0.2) is 26.7 Å². The van der Waals surface area contributed by atoms with Gasteiger partial charge in [0.1, 0.15) is 17.5 Å². The SMILES string of the molecule is Cc1nc(N)c(C)c(NCCc2ncno2)n1. The van der Waals surface area contributed by atoms with Gasteiger partial charge in [0.15, 0.2) is 6.33 Å². The van der Waals surface area contributed by atoms with Gasteiger partial charge in [-0.15, -0.1) is 0 Å². The van der Waals surface area contributed by atoms with Crippen LogP contribution in [0.1, 0.15) is 17.3 Å². The molecule has 0 atom stereocenters. The molecule has 0 bridgehead atoms. The largest absolute Gasteiger partial charge is 0.383 e. The lowest BCUT2D eigenvalue weighted by atomic mass is 10.3. The molecular weight excluding hydrogens is 220 g/mol. The van der Waals surface area contributed by atoms with E-state index in [1.165, 1.54) is 6.33 Å². The quantitative estimate of drug-likeness (QED) is 0.803. The molecule has 0 unspecified atom stereocenters. The van der Waals surface area contributed by atoms with Crippen LogP contribution in [0.2, 0.25) is 0 Å². The lowest BCUT2D eigenvalue weighted by Gasteiger charge is -2.09. The summed E-state index contributed by atoms with van der Waals surface area (Å²) in [7, 11) is 0. The molecule has 17 heavy (non-hydrogen) atoms. The standard InChI is InChI=1S/C10H14N6O/c1-6-9(11)15-7(2)16-10(6)12-4-3-8-13-5-14-17-8/h5H,3-4H2,1-2H3,(H3,11,12,15,16). The Bertz CT molecular complexity index is 496. The van der Waals surface area contributed by atoms with Crippen molar-refractivity contribution in [3.63, 3.8) is 0 Å². The molecule has 0 fully saturated rings. The first kappa shape index (κ1) is 11.3. The van der Waals surface area contributed by atoms with Crippen molar-refractivity contribution in [2.24, 2.45) is 0 Å². The van der Waals surface area contributed by atoms with Gasteiger partial charge in [-0.25, -0.2) is 9.97 Å². The van der Waals surface area contributed by atoms with E-state index >= 15 is 0 Å². The fraction of sp³-hybridized carbons (Fsp3) is 0.400. The highest BCUT2D eigenvalue weighted by atomic mass is 16.5. The molecule has 0 aromatic carbocycles. The number of aryl methyl sites for hydroxylation is 1. The van der Waals surface area contributed by atoms with Crippen LogP contribution in [0.15, 0.2) is 10.9 Å². The van der Waals surface area contributed by atoms with E-state index < -0.39 is 0 Å². The molecule has 0 aliphatic carbocycles. The Kier molecular flexibility index (Phi) is 3.17. The summed E-state index contributed by atoms with van der Waals surface area (Å²) in [5.74, 6) is 2.48. The normalized spacial score (nSPS) is 10.5. The summed E-state index contributed by atoms with van der Waals surface area (Å²) in [6.07, 6.45) is 2.02. The van der Waals surface area contributed by atoms with Crippen molar-refractivity contribution in [2.45, 2.75) is 20.3 Å². The number of hydrogen-bond donors (Lipinski definition) is 2. The Morgan fingerprint density at radius 1 is 1.35 bits per heavy atom. The number of rotatable bonds is 4. The van der Waals surface area contributed by atoms with E-state index in [9.17, 15) is 0 Å². The second-order valence-corrected chi connectivity index (χ2v) is 3.64. The van der Waals surface area contributed by atoms with Crippen molar-refractivity contribution in [2.75, 3.05) is 17.6 Å². The molecule has 0 aliphatic heterocycles. The number of hydrogen-bond acceptors (Lipinski definition) is 7. The Balaban J connectivity index is 1.99. The topological polar surface area (TPSA) is 103 Å². The maximum absolute atomic E-state index is 5.76. The highest BCUT2D eigenvalue weighted by molar-refractivity contribution is 5.54. The smallest absolute Gasteiger partial charge is 0.228 e. The van der Waals surface area contributed by atoms with Crippen molar-refractivity contribution in [3.8, 4) is 0 Å². The molecule has 2 heterocycles. The summed E-state index contributed by atoms with van der Waals surface area (Å²) >= 11 is 0. The van der Waals surface area contributed by atoms with E-state index in [0.29, 0.717) is 30.5 Å². The predicted molar refractivity (Wildman–Crippen MR) is 62.4 cm³/mol. The lowest BCUT2D eigenvalue weighted by Crippen LogP contribution is -2.11. The van der Waals surface area contributed by atoms with Crippen molar-refractivity contribution in [1.29, 1.82) is 0 Å². The van der Waals surface area contributed by atoms with Gasteiger partial charge < -0.3 is 15.6 Å². The molecule has 0 spiro atoms. The van der Waals surface area contributed by atoms with Crippen LogP contribution in [-0.2, 0) is 6.42 Å². The number of nitrogens with one attached hydrogen (secondary N) is 1. The number of anilines is 2. The molecule has 7 nitrogen and oxygen atoms in total. The molecule has 7 heteroatoms. The fourth-order valence-corrected chi connectivity index (χ4v) is 1.42. The first-order valence-electron chi connectivity index (χ1n) is 5.27. The van der Waals surface area contributed by atoms with Crippen molar-refractivity contribution in [1.82, 2.24) is 20.1 Å². The molecule has 90 valence electrons. The fourth-order valence-electron chi connectivity index (χ4n) is 1.42. The van der Waals surface area contributed by atoms with Crippen LogP contribution >= 0.6 is 0 Å². The molecule has 3 N–H and O–H groups in total. The summed E-state index contributed by atoms with van der Waals surface area (Å²) in [4.78, 5) is 12.3. The molecule has 0 radical (unpaired) electrons. The maximum Gasteiger partial charge on any atom is 0.228 e. The molecule has 0 amide bonds. The third-order valence-corrected chi connectivity index (χ3v) is 2.33. The number of nitrogens with two attached hydrogens (primary N) is 1. The van der Waals surface area contributed by atoms with Crippen LogP contribution in [0.5, 0.6) is 0 Å². The van der Waals surface area contributed by atoms with E-state index in [-0.39, 0.29) is 0 Å². The van der Waals surface area contributed by atoms with Crippen LogP contribution in [0.3, 0.4) is 0 Å². The maximum atomic E-state index is 5.76. The predicted octanol–water partition coefficient (Wildman–Crippen LogP) is 0.713. The first-order valence-corrected chi connectivity index (χ1v) is 5.27. The molecular formula is C10H14N6O. The Morgan fingerprint density at radius 3 is 2.88 bits per heavy atom. The van der Waals surface area contributed by atoms with E-state index in [1.54, 1.807) is 6.92 Å². The summed E-state index contributed by atoms with van der Waals surface area (Å²) in [6, 6.07) is 0. The molecule has 2 rings (SSSR count). The van der Waals surface area contributed by atoms with Crippen LogP contribution in [0.4, 0.5) is 11.6 Å². The summed E-state index contributed by atoms with van der Waals surface area (Å²) in [5, 5.41) is 6.71. The minimum atomic E-state index is 0.498. The van der Waals surface area contributed by atoms with Gasteiger partial charge in [0.25, 0.3) is 0 Å². The number of nitrogens with zero attached hydrogens (tertiary/aromatic N) is 4. The highest BCUT2D eigenvalue weighted by Gasteiger charge is 2.06.